The van der Waals surface area contributed by atoms with Gasteiger partial charge in [-0.3, -0.25) is 4.79 Å². The highest BCUT2D eigenvalue weighted by Gasteiger charge is 2.23. The maximum Gasteiger partial charge on any atom is 0.289 e. The quantitative estimate of drug-likeness (QED) is 0.854. The second-order valence-corrected chi connectivity index (χ2v) is 4.84. The largest absolute Gasteiger partial charge is 0.508 e. The highest BCUT2D eigenvalue weighted by atomic mass is 16.3. The molecule has 1 aliphatic rings. The minimum absolute atomic E-state index is 0.0953. The molecule has 0 spiro atoms. The molecule has 0 aliphatic carbocycles. The van der Waals surface area contributed by atoms with Gasteiger partial charge in [0.25, 0.3) is 5.91 Å². The van der Waals surface area contributed by atoms with Crippen LogP contribution >= 0.6 is 0 Å². The van der Waals surface area contributed by atoms with Gasteiger partial charge in [-0.05, 0) is 48.7 Å². The predicted molar refractivity (Wildman–Crippen MR) is 70.0 cm³/mol. The van der Waals surface area contributed by atoms with Gasteiger partial charge in [-0.15, -0.1) is 0 Å². The standard InChI is InChI=1S/C15H15NO3/c1-10-2-5-14(19-10)15(18)16-7-6-11-3-4-13(17)8-12(11)9-16/h2-5,8,17H,6-7,9H2,1H3. The number of carbonyl (C=O) groups excluding carboxylic acids is 1. The van der Waals surface area contributed by atoms with E-state index in [-0.39, 0.29) is 11.7 Å². The van der Waals surface area contributed by atoms with Gasteiger partial charge < -0.3 is 14.4 Å². The van der Waals surface area contributed by atoms with E-state index in [1.165, 1.54) is 5.56 Å². The first-order valence-corrected chi connectivity index (χ1v) is 6.30. The summed E-state index contributed by atoms with van der Waals surface area (Å²) >= 11 is 0. The third kappa shape index (κ3) is 2.21. The third-order valence-corrected chi connectivity index (χ3v) is 3.44. The van der Waals surface area contributed by atoms with Crippen molar-refractivity contribution in [2.75, 3.05) is 6.54 Å². The van der Waals surface area contributed by atoms with E-state index in [1.54, 1.807) is 29.2 Å². The Balaban J connectivity index is 1.83. The number of phenols is 1. The number of aryl methyl sites for hydroxylation is 1. The molecule has 1 aliphatic heterocycles. The first-order chi connectivity index (χ1) is 9.13. The Labute approximate surface area is 111 Å². The second kappa shape index (κ2) is 4.46. The van der Waals surface area contributed by atoms with Gasteiger partial charge in [0.05, 0.1) is 0 Å². The van der Waals surface area contributed by atoms with Crippen molar-refractivity contribution in [3.05, 3.63) is 53.0 Å². The molecule has 0 saturated carbocycles. The van der Waals surface area contributed by atoms with Crippen molar-refractivity contribution in [3.63, 3.8) is 0 Å². The molecule has 2 heterocycles. The maximum atomic E-state index is 12.3. The minimum Gasteiger partial charge on any atom is -0.508 e. The molecule has 4 heteroatoms. The molecule has 0 saturated heterocycles. The van der Waals surface area contributed by atoms with Gasteiger partial charge in [0.15, 0.2) is 5.76 Å². The zero-order chi connectivity index (χ0) is 13.4. The average Bonchev–Trinajstić information content (AvgIpc) is 2.83. The van der Waals surface area contributed by atoms with Crippen LogP contribution in [0.5, 0.6) is 5.75 Å². The first kappa shape index (κ1) is 11.8. The molecule has 1 N–H and O–H groups in total. The fourth-order valence-electron chi connectivity index (χ4n) is 2.42. The van der Waals surface area contributed by atoms with Crippen molar-refractivity contribution in [2.24, 2.45) is 0 Å². The van der Waals surface area contributed by atoms with Gasteiger partial charge in [-0.1, -0.05) is 6.07 Å². The summed E-state index contributed by atoms with van der Waals surface area (Å²) in [5.41, 5.74) is 2.19. The van der Waals surface area contributed by atoms with Gasteiger partial charge in [0.2, 0.25) is 0 Å². The molecule has 0 atom stereocenters. The van der Waals surface area contributed by atoms with Crippen LogP contribution in [0, 0.1) is 6.92 Å². The topological polar surface area (TPSA) is 53.7 Å². The van der Waals surface area contributed by atoms with E-state index in [0.29, 0.717) is 18.8 Å². The summed E-state index contributed by atoms with van der Waals surface area (Å²) in [6, 6.07) is 8.82. The van der Waals surface area contributed by atoms with E-state index < -0.39 is 0 Å². The van der Waals surface area contributed by atoms with Crippen LogP contribution in [-0.2, 0) is 13.0 Å². The summed E-state index contributed by atoms with van der Waals surface area (Å²) in [7, 11) is 0. The summed E-state index contributed by atoms with van der Waals surface area (Å²) < 4.78 is 5.37. The Kier molecular flexibility index (Phi) is 2.78. The Morgan fingerprint density at radius 3 is 2.84 bits per heavy atom. The zero-order valence-corrected chi connectivity index (χ0v) is 10.7. The zero-order valence-electron chi connectivity index (χ0n) is 10.7. The lowest BCUT2D eigenvalue weighted by molar-refractivity contribution is 0.0701. The van der Waals surface area contributed by atoms with Crippen LogP contribution < -0.4 is 0 Å². The molecule has 1 aromatic carbocycles. The molecule has 1 amide bonds. The fraction of sp³-hybridized carbons (Fsp3) is 0.267. The number of amides is 1. The lowest BCUT2D eigenvalue weighted by Crippen LogP contribution is -2.35. The Bertz CT molecular complexity index is 630. The van der Waals surface area contributed by atoms with Crippen molar-refractivity contribution in [1.82, 2.24) is 4.90 Å². The van der Waals surface area contributed by atoms with Gasteiger partial charge >= 0.3 is 0 Å². The van der Waals surface area contributed by atoms with Crippen molar-refractivity contribution in [3.8, 4) is 5.75 Å². The van der Waals surface area contributed by atoms with Gasteiger partial charge in [-0.2, -0.15) is 0 Å². The molecule has 19 heavy (non-hydrogen) atoms. The molecular weight excluding hydrogens is 242 g/mol. The summed E-state index contributed by atoms with van der Waals surface area (Å²) in [6.45, 7) is 3.01. The van der Waals surface area contributed by atoms with E-state index in [0.717, 1.165) is 17.7 Å². The smallest absolute Gasteiger partial charge is 0.289 e. The van der Waals surface area contributed by atoms with Crippen molar-refractivity contribution in [1.29, 1.82) is 0 Å². The van der Waals surface area contributed by atoms with Crippen molar-refractivity contribution >= 4 is 5.91 Å². The van der Waals surface area contributed by atoms with E-state index in [2.05, 4.69) is 0 Å². The summed E-state index contributed by atoms with van der Waals surface area (Å²) in [5, 5.41) is 9.51. The van der Waals surface area contributed by atoms with Crippen LogP contribution in [0.1, 0.15) is 27.4 Å². The third-order valence-electron chi connectivity index (χ3n) is 3.44. The Morgan fingerprint density at radius 2 is 2.11 bits per heavy atom. The molecule has 0 bridgehead atoms. The highest BCUT2D eigenvalue weighted by molar-refractivity contribution is 5.91. The molecular formula is C15H15NO3. The minimum atomic E-state index is -0.0953. The monoisotopic (exact) mass is 257 g/mol. The molecule has 3 rings (SSSR count). The van der Waals surface area contributed by atoms with E-state index in [9.17, 15) is 9.90 Å². The average molecular weight is 257 g/mol. The van der Waals surface area contributed by atoms with Gasteiger partial charge in [-0.25, -0.2) is 0 Å². The summed E-state index contributed by atoms with van der Waals surface area (Å²) in [4.78, 5) is 14.0. The molecule has 98 valence electrons. The molecule has 2 aromatic rings. The van der Waals surface area contributed by atoms with E-state index in [4.69, 9.17) is 4.42 Å². The Morgan fingerprint density at radius 1 is 1.26 bits per heavy atom. The lowest BCUT2D eigenvalue weighted by atomic mass is 9.99. The summed E-state index contributed by atoms with van der Waals surface area (Å²) in [5.74, 6) is 1.25. The van der Waals surface area contributed by atoms with Crippen LogP contribution in [0.3, 0.4) is 0 Å². The normalized spacial score (nSPS) is 14.3. The second-order valence-electron chi connectivity index (χ2n) is 4.84. The number of fused-ring (bicyclic) bond motifs is 1. The number of hydrogen-bond acceptors (Lipinski definition) is 3. The number of phenolic OH excluding ortho intramolecular Hbond substituents is 1. The fourth-order valence-corrected chi connectivity index (χ4v) is 2.42. The number of rotatable bonds is 1. The molecule has 0 fully saturated rings. The molecule has 0 radical (unpaired) electrons. The molecule has 0 unspecified atom stereocenters. The van der Waals surface area contributed by atoms with Crippen LogP contribution in [0.15, 0.2) is 34.7 Å². The highest BCUT2D eigenvalue weighted by Crippen LogP contribution is 2.24. The SMILES string of the molecule is Cc1ccc(C(=O)N2CCc3ccc(O)cc3C2)o1. The van der Waals surface area contributed by atoms with Crippen LogP contribution in [-0.4, -0.2) is 22.5 Å². The van der Waals surface area contributed by atoms with Gasteiger partial charge in [0, 0.05) is 13.1 Å². The predicted octanol–water partition coefficient (Wildman–Crippen LogP) is 2.49. The number of furan rings is 1. The first-order valence-electron chi connectivity index (χ1n) is 6.30. The maximum absolute atomic E-state index is 12.3. The van der Waals surface area contributed by atoms with Crippen LogP contribution in [0.2, 0.25) is 0 Å². The Hall–Kier alpha value is -2.23. The molecule has 1 aromatic heterocycles. The van der Waals surface area contributed by atoms with Crippen molar-refractivity contribution < 1.29 is 14.3 Å². The van der Waals surface area contributed by atoms with E-state index >= 15 is 0 Å². The summed E-state index contributed by atoms with van der Waals surface area (Å²) in [6.07, 6.45) is 0.807. The number of aromatic hydroxyl groups is 1. The number of nitrogens with zero attached hydrogens (tertiary/aromatic N) is 1. The van der Waals surface area contributed by atoms with Crippen molar-refractivity contribution in [2.45, 2.75) is 19.9 Å². The lowest BCUT2D eigenvalue weighted by Gasteiger charge is -2.28. The van der Waals surface area contributed by atoms with Gasteiger partial charge in [0.1, 0.15) is 11.5 Å². The number of carbonyl (C=O) groups is 1. The van der Waals surface area contributed by atoms with Crippen LogP contribution in [0.4, 0.5) is 0 Å². The number of benzene rings is 1. The van der Waals surface area contributed by atoms with E-state index in [1.807, 2.05) is 13.0 Å². The number of hydrogen-bond donors (Lipinski definition) is 1. The molecule has 4 nitrogen and oxygen atoms in total. The van der Waals surface area contributed by atoms with Crippen LogP contribution in [0.25, 0.3) is 0 Å².